The highest BCUT2D eigenvalue weighted by Gasteiger charge is 2.19. The number of anilines is 1. The molecule has 1 aliphatic rings. The van der Waals surface area contributed by atoms with Crippen LogP contribution in [0.2, 0.25) is 0 Å². The number of aromatic nitrogens is 2. The lowest BCUT2D eigenvalue weighted by Gasteiger charge is -2.31. The van der Waals surface area contributed by atoms with Crippen LogP contribution in [0.25, 0.3) is 0 Å². The zero-order chi connectivity index (χ0) is 13.9. The number of hydrogen-bond donors (Lipinski definition) is 2. The van der Waals surface area contributed by atoms with Crippen molar-refractivity contribution in [2.24, 2.45) is 5.73 Å². The van der Waals surface area contributed by atoms with Crippen molar-refractivity contribution in [3.05, 3.63) is 47.5 Å². The first kappa shape index (κ1) is 13.1. The summed E-state index contributed by atoms with van der Waals surface area (Å²) in [6.45, 7) is 1.94. The zero-order valence-electron chi connectivity index (χ0n) is 11.3. The van der Waals surface area contributed by atoms with Gasteiger partial charge in [-0.3, -0.25) is 5.10 Å². The quantitative estimate of drug-likeness (QED) is 0.901. The van der Waals surface area contributed by atoms with Crippen LogP contribution >= 0.6 is 0 Å². The standard InChI is InChI=1S/C15H19FN4/c16-12-3-1-11(2-4-12)9-14-15(10-18-19-14)20-7-5-13(17)6-8-20/h1-4,10,13H,5-9,17H2,(H,18,19). The van der Waals surface area contributed by atoms with Gasteiger partial charge >= 0.3 is 0 Å². The second-order valence-corrected chi connectivity index (χ2v) is 5.36. The molecule has 1 aromatic heterocycles. The van der Waals surface area contributed by atoms with Crippen molar-refractivity contribution in [3.63, 3.8) is 0 Å². The third kappa shape index (κ3) is 2.82. The monoisotopic (exact) mass is 274 g/mol. The predicted octanol–water partition coefficient (Wildman–Crippen LogP) is 2.07. The van der Waals surface area contributed by atoms with Gasteiger partial charge in [-0.15, -0.1) is 0 Å². The Bertz CT molecular complexity index is 556. The maximum absolute atomic E-state index is 12.9. The molecule has 0 spiro atoms. The Morgan fingerprint density at radius 1 is 1.25 bits per heavy atom. The number of piperidine rings is 1. The molecule has 20 heavy (non-hydrogen) atoms. The summed E-state index contributed by atoms with van der Waals surface area (Å²) in [5.74, 6) is -0.205. The molecule has 0 bridgehead atoms. The molecule has 0 unspecified atom stereocenters. The van der Waals surface area contributed by atoms with Gasteiger partial charge in [-0.1, -0.05) is 12.1 Å². The van der Waals surface area contributed by atoms with E-state index in [4.69, 9.17) is 5.73 Å². The highest BCUT2D eigenvalue weighted by atomic mass is 19.1. The molecule has 1 aromatic carbocycles. The normalized spacial score (nSPS) is 16.6. The van der Waals surface area contributed by atoms with E-state index in [1.165, 1.54) is 12.1 Å². The largest absolute Gasteiger partial charge is 0.369 e. The fourth-order valence-electron chi connectivity index (χ4n) is 2.66. The molecule has 2 heterocycles. The molecule has 1 fully saturated rings. The molecule has 106 valence electrons. The van der Waals surface area contributed by atoms with Gasteiger partial charge in [0.1, 0.15) is 5.82 Å². The van der Waals surface area contributed by atoms with Gasteiger partial charge in [-0.05, 0) is 30.5 Å². The minimum Gasteiger partial charge on any atom is -0.369 e. The lowest BCUT2D eigenvalue weighted by Crippen LogP contribution is -2.39. The van der Waals surface area contributed by atoms with Crippen LogP contribution in [0.1, 0.15) is 24.1 Å². The SMILES string of the molecule is NC1CCN(c2cn[nH]c2Cc2ccc(F)cc2)CC1. The van der Waals surface area contributed by atoms with E-state index in [1.54, 1.807) is 0 Å². The minimum atomic E-state index is -0.205. The average Bonchev–Trinajstić information content (AvgIpc) is 2.90. The summed E-state index contributed by atoms with van der Waals surface area (Å²) >= 11 is 0. The number of hydrogen-bond acceptors (Lipinski definition) is 3. The second kappa shape index (κ2) is 5.63. The molecule has 0 saturated carbocycles. The third-order valence-corrected chi connectivity index (χ3v) is 3.87. The number of aromatic amines is 1. The number of halogens is 1. The molecule has 5 heteroatoms. The Balaban J connectivity index is 1.74. The summed E-state index contributed by atoms with van der Waals surface area (Å²) in [4.78, 5) is 2.33. The smallest absolute Gasteiger partial charge is 0.123 e. The van der Waals surface area contributed by atoms with Gasteiger partial charge in [0.05, 0.1) is 17.6 Å². The first-order valence-electron chi connectivity index (χ1n) is 6.99. The molecule has 3 N–H and O–H groups in total. The Morgan fingerprint density at radius 3 is 2.65 bits per heavy atom. The molecule has 2 aromatic rings. The fraction of sp³-hybridized carbons (Fsp3) is 0.400. The first-order chi connectivity index (χ1) is 9.72. The topological polar surface area (TPSA) is 57.9 Å². The second-order valence-electron chi connectivity index (χ2n) is 5.36. The van der Waals surface area contributed by atoms with E-state index in [0.717, 1.165) is 49.3 Å². The Hall–Kier alpha value is -1.88. The van der Waals surface area contributed by atoms with Crippen molar-refractivity contribution in [1.82, 2.24) is 10.2 Å². The van der Waals surface area contributed by atoms with Crippen LogP contribution in [0, 0.1) is 5.82 Å². The highest BCUT2D eigenvalue weighted by molar-refractivity contribution is 5.51. The summed E-state index contributed by atoms with van der Waals surface area (Å²) < 4.78 is 12.9. The number of nitrogens with one attached hydrogen (secondary N) is 1. The third-order valence-electron chi connectivity index (χ3n) is 3.87. The van der Waals surface area contributed by atoms with Crippen LogP contribution in [0.5, 0.6) is 0 Å². The number of nitrogens with zero attached hydrogens (tertiary/aromatic N) is 2. The van der Waals surface area contributed by atoms with E-state index in [9.17, 15) is 4.39 Å². The first-order valence-corrected chi connectivity index (χ1v) is 6.99. The summed E-state index contributed by atoms with van der Waals surface area (Å²) in [5, 5.41) is 7.22. The number of nitrogens with two attached hydrogens (primary N) is 1. The van der Waals surface area contributed by atoms with Crippen molar-refractivity contribution >= 4 is 5.69 Å². The Morgan fingerprint density at radius 2 is 1.95 bits per heavy atom. The maximum atomic E-state index is 12.9. The van der Waals surface area contributed by atoms with E-state index in [0.29, 0.717) is 6.04 Å². The average molecular weight is 274 g/mol. The molecule has 3 rings (SSSR count). The van der Waals surface area contributed by atoms with E-state index < -0.39 is 0 Å². The van der Waals surface area contributed by atoms with E-state index in [2.05, 4.69) is 15.1 Å². The van der Waals surface area contributed by atoms with Gasteiger partial charge in [0, 0.05) is 25.6 Å². The van der Waals surface area contributed by atoms with Crippen LogP contribution in [-0.2, 0) is 6.42 Å². The van der Waals surface area contributed by atoms with Gasteiger partial charge in [0.2, 0.25) is 0 Å². The van der Waals surface area contributed by atoms with Gasteiger partial charge in [0.25, 0.3) is 0 Å². The lowest BCUT2D eigenvalue weighted by molar-refractivity contribution is 0.500. The molecule has 0 amide bonds. The van der Waals surface area contributed by atoms with Crippen molar-refractivity contribution in [3.8, 4) is 0 Å². The van der Waals surface area contributed by atoms with Gasteiger partial charge in [0.15, 0.2) is 0 Å². The zero-order valence-corrected chi connectivity index (χ0v) is 11.3. The van der Waals surface area contributed by atoms with E-state index in [-0.39, 0.29) is 5.82 Å². The lowest BCUT2D eigenvalue weighted by atomic mass is 10.0. The molecule has 4 nitrogen and oxygen atoms in total. The van der Waals surface area contributed by atoms with Crippen LogP contribution in [0.4, 0.5) is 10.1 Å². The van der Waals surface area contributed by atoms with Crippen molar-refractivity contribution in [1.29, 1.82) is 0 Å². The minimum absolute atomic E-state index is 0.205. The van der Waals surface area contributed by atoms with E-state index in [1.807, 2.05) is 18.3 Å². The predicted molar refractivity (Wildman–Crippen MR) is 77.2 cm³/mol. The maximum Gasteiger partial charge on any atom is 0.123 e. The van der Waals surface area contributed by atoms with Crippen molar-refractivity contribution in [2.75, 3.05) is 18.0 Å². The number of benzene rings is 1. The molecular formula is C15H19FN4. The Kier molecular flexibility index (Phi) is 3.69. The van der Waals surface area contributed by atoms with Gasteiger partial charge in [-0.25, -0.2) is 4.39 Å². The van der Waals surface area contributed by atoms with Crippen molar-refractivity contribution in [2.45, 2.75) is 25.3 Å². The highest BCUT2D eigenvalue weighted by Crippen LogP contribution is 2.24. The molecule has 1 saturated heterocycles. The summed E-state index contributed by atoms with van der Waals surface area (Å²) in [5.41, 5.74) is 9.23. The number of H-pyrrole nitrogens is 1. The van der Waals surface area contributed by atoms with Crippen LogP contribution in [0.3, 0.4) is 0 Å². The van der Waals surface area contributed by atoms with Crippen molar-refractivity contribution < 1.29 is 4.39 Å². The molecule has 0 radical (unpaired) electrons. The van der Waals surface area contributed by atoms with Crippen LogP contribution in [0.15, 0.2) is 30.5 Å². The van der Waals surface area contributed by atoms with Crippen LogP contribution in [-0.4, -0.2) is 29.3 Å². The molecule has 0 atom stereocenters. The van der Waals surface area contributed by atoms with E-state index >= 15 is 0 Å². The molecular weight excluding hydrogens is 255 g/mol. The van der Waals surface area contributed by atoms with Gasteiger partial charge in [-0.2, -0.15) is 5.10 Å². The molecule has 1 aliphatic heterocycles. The van der Waals surface area contributed by atoms with Gasteiger partial charge < -0.3 is 10.6 Å². The Labute approximate surface area is 117 Å². The number of rotatable bonds is 3. The summed E-state index contributed by atoms with van der Waals surface area (Å²) in [7, 11) is 0. The van der Waals surface area contributed by atoms with Crippen LogP contribution < -0.4 is 10.6 Å². The fourth-order valence-corrected chi connectivity index (χ4v) is 2.66. The summed E-state index contributed by atoms with van der Waals surface area (Å²) in [6.07, 6.45) is 4.64. The summed E-state index contributed by atoms with van der Waals surface area (Å²) in [6, 6.07) is 6.92. The molecule has 0 aliphatic carbocycles.